The number of hydrogen-bond acceptors (Lipinski definition) is 2. The van der Waals surface area contributed by atoms with Crippen molar-refractivity contribution in [3.05, 3.63) is 70.8 Å². The van der Waals surface area contributed by atoms with E-state index in [1.165, 1.54) is 6.07 Å². The van der Waals surface area contributed by atoms with Crippen LogP contribution in [0.3, 0.4) is 0 Å². The molecule has 0 aliphatic carbocycles. The Hall–Kier alpha value is -2.48. The van der Waals surface area contributed by atoms with Crippen molar-refractivity contribution in [2.24, 2.45) is 0 Å². The van der Waals surface area contributed by atoms with Gasteiger partial charge in [-0.25, -0.2) is 8.78 Å². The minimum atomic E-state index is -4.54. The van der Waals surface area contributed by atoms with Crippen molar-refractivity contribution in [2.75, 3.05) is 6.54 Å². The summed E-state index contributed by atoms with van der Waals surface area (Å²) in [4.78, 5) is 11.8. The fourth-order valence-electron chi connectivity index (χ4n) is 2.21. The monoisotopic (exact) mass is 359 g/mol. The van der Waals surface area contributed by atoms with Crippen LogP contribution in [-0.2, 0) is 6.18 Å². The maximum absolute atomic E-state index is 13.5. The van der Waals surface area contributed by atoms with Gasteiger partial charge in [-0.2, -0.15) is 13.2 Å². The molecular formula is C17H14F5NO2. The first-order chi connectivity index (χ1) is 11.7. The SMILES string of the molecule is O=C(NCCC(O)c1cccc(C(F)(F)F)c1)c1c(F)cccc1F. The quantitative estimate of drug-likeness (QED) is 0.797. The minimum absolute atomic E-state index is 0.0288. The number of nitrogens with one attached hydrogen (secondary N) is 1. The summed E-state index contributed by atoms with van der Waals surface area (Å²) in [5.41, 5.74) is -1.63. The van der Waals surface area contributed by atoms with Crippen LogP contribution in [0.1, 0.15) is 34.0 Å². The van der Waals surface area contributed by atoms with Gasteiger partial charge in [-0.1, -0.05) is 18.2 Å². The molecule has 1 amide bonds. The number of benzene rings is 2. The molecule has 2 rings (SSSR count). The molecule has 0 aliphatic rings. The summed E-state index contributed by atoms with van der Waals surface area (Å²) in [7, 11) is 0. The smallest absolute Gasteiger partial charge is 0.388 e. The van der Waals surface area contributed by atoms with Gasteiger partial charge in [0.2, 0.25) is 0 Å². The zero-order valence-electron chi connectivity index (χ0n) is 12.8. The van der Waals surface area contributed by atoms with E-state index in [1.807, 2.05) is 0 Å². The van der Waals surface area contributed by atoms with E-state index in [9.17, 15) is 31.9 Å². The second kappa shape index (κ2) is 7.60. The van der Waals surface area contributed by atoms with Gasteiger partial charge in [0.05, 0.1) is 11.7 Å². The van der Waals surface area contributed by atoms with Crippen LogP contribution in [0.2, 0.25) is 0 Å². The van der Waals surface area contributed by atoms with Crippen molar-refractivity contribution in [2.45, 2.75) is 18.7 Å². The summed E-state index contributed by atoms with van der Waals surface area (Å²) in [6.45, 7) is -0.177. The number of hydrogen-bond donors (Lipinski definition) is 2. The normalized spacial score (nSPS) is 12.7. The van der Waals surface area contributed by atoms with Crippen LogP contribution in [0.5, 0.6) is 0 Å². The van der Waals surface area contributed by atoms with E-state index in [2.05, 4.69) is 5.32 Å². The molecule has 25 heavy (non-hydrogen) atoms. The van der Waals surface area contributed by atoms with E-state index < -0.39 is 40.9 Å². The fraction of sp³-hybridized carbons (Fsp3) is 0.235. The average Bonchev–Trinajstić information content (AvgIpc) is 2.54. The Kier molecular flexibility index (Phi) is 5.73. The Morgan fingerprint density at radius 1 is 1.08 bits per heavy atom. The van der Waals surface area contributed by atoms with E-state index in [0.29, 0.717) is 0 Å². The van der Waals surface area contributed by atoms with Crippen LogP contribution in [-0.4, -0.2) is 17.6 Å². The van der Waals surface area contributed by atoms with E-state index in [1.54, 1.807) is 0 Å². The van der Waals surface area contributed by atoms with E-state index in [-0.39, 0.29) is 18.5 Å². The van der Waals surface area contributed by atoms with Crippen LogP contribution in [0.4, 0.5) is 22.0 Å². The van der Waals surface area contributed by atoms with Crippen LogP contribution in [0.25, 0.3) is 0 Å². The maximum atomic E-state index is 13.5. The molecule has 2 aromatic carbocycles. The third-order valence-electron chi connectivity index (χ3n) is 3.49. The number of amides is 1. The molecule has 0 aromatic heterocycles. The number of carbonyl (C=O) groups excluding carboxylic acids is 1. The van der Waals surface area contributed by atoms with Gasteiger partial charge in [-0.15, -0.1) is 0 Å². The first-order valence-electron chi connectivity index (χ1n) is 7.27. The van der Waals surface area contributed by atoms with Crippen LogP contribution < -0.4 is 5.32 Å². The Bertz CT molecular complexity index is 741. The van der Waals surface area contributed by atoms with Crippen LogP contribution in [0, 0.1) is 11.6 Å². The predicted octanol–water partition coefficient (Wildman–Crippen LogP) is 3.84. The lowest BCUT2D eigenvalue weighted by Gasteiger charge is -2.14. The maximum Gasteiger partial charge on any atom is 0.416 e. The third kappa shape index (κ3) is 4.76. The molecule has 8 heteroatoms. The van der Waals surface area contributed by atoms with Crippen molar-refractivity contribution in [3.63, 3.8) is 0 Å². The Morgan fingerprint density at radius 2 is 1.68 bits per heavy atom. The van der Waals surface area contributed by atoms with Gasteiger partial charge in [0.15, 0.2) is 0 Å². The van der Waals surface area contributed by atoms with E-state index >= 15 is 0 Å². The number of aliphatic hydroxyl groups excluding tert-OH is 1. The highest BCUT2D eigenvalue weighted by Gasteiger charge is 2.30. The van der Waals surface area contributed by atoms with Gasteiger partial charge in [-0.05, 0) is 36.2 Å². The predicted molar refractivity (Wildman–Crippen MR) is 79.7 cm³/mol. The van der Waals surface area contributed by atoms with Gasteiger partial charge in [-0.3, -0.25) is 4.79 Å². The number of aliphatic hydroxyl groups is 1. The Balaban J connectivity index is 1.97. The minimum Gasteiger partial charge on any atom is -0.388 e. The van der Waals surface area contributed by atoms with Crippen LogP contribution >= 0.6 is 0 Å². The topological polar surface area (TPSA) is 49.3 Å². The Morgan fingerprint density at radius 3 is 2.28 bits per heavy atom. The molecule has 0 radical (unpaired) electrons. The molecule has 0 fully saturated rings. The molecule has 0 saturated carbocycles. The van der Waals surface area contributed by atoms with Gasteiger partial charge in [0.1, 0.15) is 17.2 Å². The lowest BCUT2D eigenvalue weighted by atomic mass is 10.0. The zero-order chi connectivity index (χ0) is 18.6. The molecule has 0 bridgehead atoms. The van der Waals surface area contributed by atoms with Crippen LogP contribution in [0.15, 0.2) is 42.5 Å². The lowest BCUT2D eigenvalue weighted by molar-refractivity contribution is -0.137. The molecular weight excluding hydrogens is 345 g/mol. The molecule has 0 heterocycles. The summed E-state index contributed by atoms with van der Waals surface area (Å²) in [5, 5.41) is 12.2. The molecule has 0 spiro atoms. The zero-order valence-corrected chi connectivity index (χ0v) is 12.8. The largest absolute Gasteiger partial charge is 0.416 e. The lowest BCUT2D eigenvalue weighted by Crippen LogP contribution is -2.27. The summed E-state index contributed by atoms with van der Waals surface area (Å²) < 4.78 is 64.8. The number of carbonyl (C=O) groups is 1. The van der Waals surface area contributed by atoms with Crippen molar-refractivity contribution in [1.82, 2.24) is 5.32 Å². The highest BCUT2D eigenvalue weighted by molar-refractivity contribution is 5.94. The molecule has 1 atom stereocenters. The second-order valence-corrected chi connectivity index (χ2v) is 5.28. The fourth-order valence-corrected chi connectivity index (χ4v) is 2.21. The molecule has 1 unspecified atom stereocenters. The van der Waals surface area contributed by atoms with E-state index in [0.717, 1.165) is 36.4 Å². The summed E-state index contributed by atoms with van der Waals surface area (Å²) >= 11 is 0. The second-order valence-electron chi connectivity index (χ2n) is 5.28. The highest BCUT2D eigenvalue weighted by Crippen LogP contribution is 2.31. The highest BCUT2D eigenvalue weighted by atomic mass is 19.4. The molecule has 2 aromatic rings. The summed E-state index contributed by atoms with van der Waals surface area (Å²) in [6.07, 6.45) is -5.93. The number of alkyl halides is 3. The van der Waals surface area contributed by atoms with Gasteiger partial charge in [0, 0.05) is 6.54 Å². The van der Waals surface area contributed by atoms with Crippen molar-refractivity contribution in [3.8, 4) is 0 Å². The summed E-state index contributed by atoms with van der Waals surface area (Å²) in [5.74, 6) is -3.07. The van der Waals surface area contributed by atoms with Crippen molar-refractivity contribution < 1.29 is 31.9 Å². The van der Waals surface area contributed by atoms with Gasteiger partial charge < -0.3 is 10.4 Å². The van der Waals surface area contributed by atoms with E-state index in [4.69, 9.17) is 0 Å². The third-order valence-corrected chi connectivity index (χ3v) is 3.49. The average molecular weight is 359 g/mol. The van der Waals surface area contributed by atoms with Gasteiger partial charge in [0.25, 0.3) is 5.91 Å². The van der Waals surface area contributed by atoms with Crippen molar-refractivity contribution >= 4 is 5.91 Å². The standard InChI is InChI=1S/C17H14F5NO2/c18-12-5-2-6-13(19)15(12)16(25)23-8-7-14(24)10-3-1-4-11(9-10)17(20,21)22/h1-6,9,14,24H,7-8H2,(H,23,25). The Labute approximate surface area is 140 Å². The molecule has 3 nitrogen and oxygen atoms in total. The molecule has 2 N–H and O–H groups in total. The first-order valence-corrected chi connectivity index (χ1v) is 7.27. The molecule has 0 saturated heterocycles. The van der Waals surface area contributed by atoms with Gasteiger partial charge >= 0.3 is 6.18 Å². The molecule has 134 valence electrons. The summed E-state index contributed by atoms with van der Waals surface area (Å²) in [6, 6.07) is 7.12. The number of rotatable bonds is 5. The number of halogens is 5. The van der Waals surface area contributed by atoms with Crippen molar-refractivity contribution in [1.29, 1.82) is 0 Å². The molecule has 0 aliphatic heterocycles. The first kappa shape index (κ1) is 18.9.